The van der Waals surface area contributed by atoms with Crippen molar-refractivity contribution in [3.63, 3.8) is 0 Å². The molecule has 6 unspecified atom stereocenters. The highest BCUT2D eigenvalue weighted by Gasteiger charge is 2.54. The van der Waals surface area contributed by atoms with Gasteiger partial charge in [0.2, 0.25) is 0 Å². The van der Waals surface area contributed by atoms with Gasteiger partial charge in [0.05, 0.1) is 0 Å². The first-order valence-electron chi connectivity index (χ1n) is 6.05. The molecule has 0 heterocycles. The zero-order valence-corrected chi connectivity index (χ0v) is 10.4. The fourth-order valence-electron chi connectivity index (χ4n) is 4.68. The van der Waals surface area contributed by atoms with Crippen LogP contribution in [0.1, 0.15) is 25.7 Å². The molecule has 3 aliphatic rings. The molecule has 3 fully saturated rings. The van der Waals surface area contributed by atoms with Crippen molar-refractivity contribution in [2.45, 2.75) is 25.7 Å². The van der Waals surface area contributed by atoms with Crippen LogP contribution in [0, 0.1) is 35.5 Å². The van der Waals surface area contributed by atoms with Crippen LogP contribution in [0.25, 0.3) is 0 Å². The number of hydrogen-bond donors (Lipinski definition) is 2. The molecule has 0 nitrogen and oxygen atoms in total. The van der Waals surface area contributed by atoms with Crippen molar-refractivity contribution in [2.24, 2.45) is 35.5 Å². The van der Waals surface area contributed by atoms with Gasteiger partial charge in [0.1, 0.15) is 0 Å². The van der Waals surface area contributed by atoms with Gasteiger partial charge < -0.3 is 0 Å². The second-order valence-corrected chi connectivity index (χ2v) is 6.42. The Morgan fingerprint density at radius 2 is 1.57 bits per heavy atom. The average molecular weight is 228 g/mol. The Morgan fingerprint density at radius 3 is 2.29 bits per heavy atom. The van der Waals surface area contributed by atoms with E-state index in [0.717, 1.165) is 47.0 Å². The standard InChI is InChI=1S/C12H20S2/c13-5-7-1-10-8-3-9(6-14)11(4-8)12(10)2-7/h7-14H,1-6H2. The summed E-state index contributed by atoms with van der Waals surface area (Å²) in [7, 11) is 0. The van der Waals surface area contributed by atoms with E-state index in [1.54, 1.807) is 6.42 Å². The third kappa shape index (κ3) is 1.29. The molecule has 2 heteroatoms. The van der Waals surface area contributed by atoms with Crippen molar-refractivity contribution in [3.8, 4) is 0 Å². The summed E-state index contributed by atoms with van der Waals surface area (Å²) in [6.07, 6.45) is 6.02. The monoisotopic (exact) mass is 228 g/mol. The van der Waals surface area contributed by atoms with Gasteiger partial charge in [-0.3, -0.25) is 0 Å². The van der Waals surface area contributed by atoms with Crippen LogP contribution in [0.3, 0.4) is 0 Å². The molecule has 3 aliphatic carbocycles. The molecule has 0 aromatic heterocycles. The molecule has 0 N–H and O–H groups in total. The van der Waals surface area contributed by atoms with Crippen LogP contribution in [-0.2, 0) is 0 Å². The summed E-state index contributed by atoms with van der Waals surface area (Å²) in [5, 5.41) is 0. The minimum Gasteiger partial charge on any atom is -0.179 e. The lowest BCUT2D eigenvalue weighted by Crippen LogP contribution is -2.25. The van der Waals surface area contributed by atoms with Crippen molar-refractivity contribution in [1.82, 2.24) is 0 Å². The first-order valence-corrected chi connectivity index (χ1v) is 7.31. The number of hydrogen-bond acceptors (Lipinski definition) is 2. The summed E-state index contributed by atoms with van der Waals surface area (Å²) in [5.74, 6) is 8.45. The SMILES string of the molecule is SCC1CC2C3CC(CS)C(C3)C2C1. The molecular weight excluding hydrogens is 208 g/mol. The van der Waals surface area contributed by atoms with Gasteiger partial charge in [-0.15, -0.1) is 0 Å². The van der Waals surface area contributed by atoms with E-state index < -0.39 is 0 Å². The fraction of sp³-hybridized carbons (Fsp3) is 1.00. The van der Waals surface area contributed by atoms with Crippen LogP contribution in [0.2, 0.25) is 0 Å². The summed E-state index contributed by atoms with van der Waals surface area (Å²) in [6, 6.07) is 0. The van der Waals surface area contributed by atoms with Crippen LogP contribution in [0.5, 0.6) is 0 Å². The Hall–Kier alpha value is 0.700. The van der Waals surface area contributed by atoms with Crippen LogP contribution >= 0.6 is 25.3 Å². The van der Waals surface area contributed by atoms with Crippen molar-refractivity contribution in [3.05, 3.63) is 0 Å². The van der Waals surface area contributed by atoms with E-state index in [1.165, 1.54) is 19.3 Å². The molecule has 14 heavy (non-hydrogen) atoms. The third-order valence-corrected chi connectivity index (χ3v) is 6.18. The minimum absolute atomic E-state index is 0.942. The van der Waals surface area contributed by atoms with Crippen molar-refractivity contribution in [1.29, 1.82) is 0 Å². The Balaban J connectivity index is 1.75. The van der Waals surface area contributed by atoms with Gasteiger partial charge in [-0.25, -0.2) is 0 Å². The zero-order valence-electron chi connectivity index (χ0n) is 8.60. The normalized spacial score (nSPS) is 55.3. The quantitative estimate of drug-likeness (QED) is 0.667. The summed E-state index contributed by atoms with van der Waals surface area (Å²) < 4.78 is 0. The molecule has 0 saturated heterocycles. The van der Waals surface area contributed by atoms with Gasteiger partial charge in [0, 0.05) is 0 Å². The second kappa shape index (κ2) is 3.62. The number of fused-ring (bicyclic) bond motifs is 5. The maximum absolute atomic E-state index is 4.51. The van der Waals surface area contributed by atoms with Crippen molar-refractivity contribution in [2.75, 3.05) is 11.5 Å². The van der Waals surface area contributed by atoms with E-state index in [-0.39, 0.29) is 0 Å². The molecule has 0 radical (unpaired) electrons. The Labute approximate surface area is 98.0 Å². The van der Waals surface area contributed by atoms with Crippen molar-refractivity contribution < 1.29 is 0 Å². The van der Waals surface area contributed by atoms with Crippen molar-refractivity contribution >= 4 is 25.3 Å². The van der Waals surface area contributed by atoms with Gasteiger partial charge in [-0.2, -0.15) is 25.3 Å². The van der Waals surface area contributed by atoms with Gasteiger partial charge in [0.15, 0.2) is 0 Å². The Morgan fingerprint density at radius 1 is 0.786 bits per heavy atom. The fourth-order valence-corrected chi connectivity index (χ4v) is 5.40. The Bertz CT molecular complexity index is 226. The van der Waals surface area contributed by atoms with Crippen LogP contribution in [-0.4, -0.2) is 11.5 Å². The summed E-state index contributed by atoms with van der Waals surface area (Å²) in [4.78, 5) is 0. The zero-order chi connectivity index (χ0) is 9.71. The third-order valence-electron chi connectivity index (χ3n) is 5.20. The van der Waals surface area contributed by atoms with Gasteiger partial charge in [-0.05, 0) is 72.7 Å². The lowest BCUT2D eigenvalue weighted by Gasteiger charge is -2.30. The molecule has 80 valence electrons. The lowest BCUT2D eigenvalue weighted by molar-refractivity contribution is 0.204. The highest BCUT2D eigenvalue weighted by Crippen LogP contribution is 2.62. The molecule has 3 rings (SSSR count). The molecule has 6 atom stereocenters. The van der Waals surface area contributed by atoms with E-state index in [4.69, 9.17) is 0 Å². The van der Waals surface area contributed by atoms with Crippen LogP contribution < -0.4 is 0 Å². The maximum atomic E-state index is 4.51. The lowest BCUT2D eigenvalue weighted by atomic mass is 9.76. The minimum atomic E-state index is 0.942. The molecule has 0 aromatic carbocycles. The second-order valence-electron chi connectivity index (χ2n) is 5.69. The maximum Gasteiger partial charge on any atom is -0.00666 e. The number of rotatable bonds is 2. The van der Waals surface area contributed by atoms with E-state index >= 15 is 0 Å². The predicted molar refractivity (Wildman–Crippen MR) is 67.1 cm³/mol. The van der Waals surface area contributed by atoms with Gasteiger partial charge in [-0.1, -0.05) is 0 Å². The molecule has 2 bridgehead atoms. The highest BCUT2D eigenvalue weighted by molar-refractivity contribution is 7.80. The summed E-state index contributed by atoms with van der Waals surface area (Å²) >= 11 is 8.98. The first kappa shape index (κ1) is 9.89. The smallest absolute Gasteiger partial charge is 0.00666 e. The Kier molecular flexibility index (Phi) is 2.56. The highest BCUT2D eigenvalue weighted by atomic mass is 32.1. The summed E-state index contributed by atoms with van der Waals surface area (Å²) in [5.41, 5.74) is 0. The number of thiol groups is 2. The first-order chi connectivity index (χ1) is 6.83. The summed E-state index contributed by atoms with van der Waals surface area (Å²) in [6.45, 7) is 0. The average Bonchev–Trinajstić information content (AvgIpc) is 2.87. The van der Waals surface area contributed by atoms with E-state index in [2.05, 4.69) is 25.3 Å². The van der Waals surface area contributed by atoms with E-state index in [9.17, 15) is 0 Å². The van der Waals surface area contributed by atoms with Gasteiger partial charge in [0.25, 0.3) is 0 Å². The molecule has 0 spiro atoms. The van der Waals surface area contributed by atoms with E-state index in [1.807, 2.05) is 0 Å². The topological polar surface area (TPSA) is 0 Å². The molecule has 3 saturated carbocycles. The predicted octanol–water partition coefficient (Wildman–Crippen LogP) is 3.14. The van der Waals surface area contributed by atoms with Gasteiger partial charge >= 0.3 is 0 Å². The molecule has 0 amide bonds. The van der Waals surface area contributed by atoms with E-state index in [0.29, 0.717) is 0 Å². The largest absolute Gasteiger partial charge is 0.179 e. The molecular formula is C12H20S2. The van der Waals surface area contributed by atoms with Crippen LogP contribution in [0.4, 0.5) is 0 Å². The van der Waals surface area contributed by atoms with Crippen LogP contribution in [0.15, 0.2) is 0 Å². The molecule has 0 aromatic rings. The molecule has 0 aliphatic heterocycles.